The first kappa shape index (κ1) is 23.7. The van der Waals surface area contributed by atoms with E-state index < -0.39 is 5.97 Å². The predicted molar refractivity (Wildman–Crippen MR) is 133 cm³/mol. The van der Waals surface area contributed by atoms with E-state index in [-0.39, 0.29) is 29.9 Å². The maximum atomic E-state index is 12.9. The zero-order valence-electron chi connectivity index (χ0n) is 19.4. The van der Waals surface area contributed by atoms with Gasteiger partial charge in [-0.25, -0.2) is 19.7 Å². The van der Waals surface area contributed by atoms with Gasteiger partial charge in [0.15, 0.2) is 11.5 Å². The van der Waals surface area contributed by atoms with Crippen molar-refractivity contribution in [3.05, 3.63) is 65.5 Å². The van der Waals surface area contributed by atoms with Gasteiger partial charge in [-0.05, 0) is 43.5 Å². The van der Waals surface area contributed by atoms with Crippen LogP contribution in [0.1, 0.15) is 42.5 Å². The molecule has 0 saturated heterocycles. The molecule has 0 bridgehead atoms. The average Bonchev–Trinajstić information content (AvgIpc) is 3.18. The molecule has 4 rings (SSSR count). The molecule has 9 heteroatoms. The van der Waals surface area contributed by atoms with Crippen LogP contribution in [0.4, 0.5) is 9.70 Å². The highest BCUT2D eigenvalue weighted by Gasteiger charge is 2.23. The van der Waals surface area contributed by atoms with E-state index in [4.69, 9.17) is 4.98 Å². The highest BCUT2D eigenvalue weighted by Crippen LogP contribution is 2.31. The monoisotopic (exact) mass is 479 g/mol. The van der Waals surface area contributed by atoms with Gasteiger partial charge in [0.1, 0.15) is 11.3 Å². The standard InChI is InChI=1S/C25H26FN5O2S/c1-14(2)16(4)27-21-20-22(29-23(28-21)25(32)33)30-24(18-7-5-6-15(3)12-18)31(20)13-17-8-10-19(34-26)11-9-17/h5-12,14,16H,13H2,1-4H3,(H,32,33)(H,27,28,29). The molecular weight excluding hydrogens is 453 g/mol. The Morgan fingerprint density at radius 3 is 2.47 bits per heavy atom. The Morgan fingerprint density at radius 1 is 1.12 bits per heavy atom. The van der Waals surface area contributed by atoms with Crippen molar-refractivity contribution in [2.45, 2.75) is 45.2 Å². The Kier molecular flexibility index (Phi) is 6.83. The molecule has 0 aliphatic carbocycles. The number of carbonyl (C=O) groups is 1. The maximum Gasteiger partial charge on any atom is 0.374 e. The van der Waals surface area contributed by atoms with Crippen LogP contribution < -0.4 is 5.32 Å². The molecule has 0 aliphatic rings. The number of nitrogens with one attached hydrogen (secondary N) is 1. The lowest BCUT2D eigenvalue weighted by Gasteiger charge is -2.20. The fraction of sp³-hybridized carbons (Fsp3) is 0.280. The molecular formula is C25H26FN5O2S. The molecule has 2 aromatic heterocycles. The van der Waals surface area contributed by atoms with Crippen LogP contribution in [0.2, 0.25) is 0 Å². The predicted octanol–water partition coefficient (Wildman–Crippen LogP) is 5.98. The van der Waals surface area contributed by atoms with Crippen LogP contribution in [0.15, 0.2) is 53.4 Å². The summed E-state index contributed by atoms with van der Waals surface area (Å²) >= 11 is 0.201. The average molecular weight is 480 g/mol. The Hall–Kier alpha value is -3.46. The molecule has 0 saturated carbocycles. The molecule has 1 atom stereocenters. The van der Waals surface area contributed by atoms with E-state index in [0.29, 0.717) is 34.2 Å². The molecule has 0 spiro atoms. The third-order valence-electron chi connectivity index (χ3n) is 5.79. The van der Waals surface area contributed by atoms with Crippen molar-refractivity contribution in [2.75, 3.05) is 5.32 Å². The zero-order valence-corrected chi connectivity index (χ0v) is 20.2. The number of rotatable bonds is 8. The number of hydrogen-bond acceptors (Lipinski definition) is 6. The third kappa shape index (κ3) is 4.89. The van der Waals surface area contributed by atoms with Gasteiger partial charge in [0.25, 0.3) is 0 Å². The number of anilines is 1. The first-order valence-corrected chi connectivity index (χ1v) is 11.7. The minimum absolute atomic E-state index is 0.0337. The number of hydrogen-bond donors (Lipinski definition) is 2. The van der Waals surface area contributed by atoms with Crippen molar-refractivity contribution in [1.82, 2.24) is 19.5 Å². The second-order valence-electron chi connectivity index (χ2n) is 8.66. The first-order chi connectivity index (χ1) is 16.3. The number of aromatic nitrogens is 4. The highest BCUT2D eigenvalue weighted by molar-refractivity contribution is 7.94. The minimum atomic E-state index is -1.21. The van der Waals surface area contributed by atoms with E-state index >= 15 is 0 Å². The van der Waals surface area contributed by atoms with Crippen molar-refractivity contribution in [2.24, 2.45) is 5.92 Å². The van der Waals surface area contributed by atoms with Crippen molar-refractivity contribution in [1.29, 1.82) is 0 Å². The summed E-state index contributed by atoms with van der Waals surface area (Å²) in [5, 5.41) is 13.0. The van der Waals surface area contributed by atoms with Gasteiger partial charge in [-0.3, -0.25) is 0 Å². The third-order valence-corrected chi connectivity index (χ3v) is 6.24. The maximum absolute atomic E-state index is 12.9. The molecule has 176 valence electrons. The summed E-state index contributed by atoms with van der Waals surface area (Å²) in [6.07, 6.45) is 0. The van der Waals surface area contributed by atoms with Crippen LogP contribution in [0.25, 0.3) is 22.6 Å². The molecule has 0 amide bonds. The quantitative estimate of drug-likeness (QED) is 0.321. The summed E-state index contributed by atoms with van der Waals surface area (Å²) in [6.45, 7) is 8.61. The molecule has 34 heavy (non-hydrogen) atoms. The zero-order chi connectivity index (χ0) is 24.4. The lowest BCUT2D eigenvalue weighted by Crippen LogP contribution is -2.23. The number of carboxylic acids is 1. The minimum Gasteiger partial charge on any atom is -0.475 e. The van der Waals surface area contributed by atoms with Gasteiger partial charge in [-0.1, -0.05) is 49.7 Å². The topological polar surface area (TPSA) is 92.9 Å². The van der Waals surface area contributed by atoms with Crippen LogP contribution in [0.5, 0.6) is 0 Å². The van der Waals surface area contributed by atoms with Crippen LogP contribution in [0.3, 0.4) is 0 Å². The van der Waals surface area contributed by atoms with Crippen LogP contribution in [-0.2, 0) is 6.54 Å². The number of carboxylic acid groups (broad SMARTS) is 1. The second-order valence-corrected chi connectivity index (χ2v) is 9.29. The van der Waals surface area contributed by atoms with Gasteiger partial charge >= 0.3 is 5.97 Å². The summed E-state index contributed by atoms with van der Waals surface area (Å²) in [5.74, 6) is -0.161. The van der Waals surface area contributed by atoms with Crippen molar-refractivity contribution in [3.63, 3.8) is 0 Å². The van der Waals surface area contributed by atoms with Crippen LogP contribution in [-0.4, -0.2) is 36.6 Å². The van der Waals surface area contributed by atoms with E-state index in [1.54, 1.807) is 12.1 Å². The Labute approximate surface area is 201 Å². The lowest BCUT2D eigenvalue weighted by atomic mass is 10.1. The van der Waals surface area contributed by atoms with Gasteiger partial charge < -0.3 is 15.0 Å². The summed E-state index contributed by atoms with van der Waals surface area (Å²) in [6, 6.07) is 15.2. The SMILES string of the molecule is Cc1cccc(-c2nc3nc(C(=O)O)nc(NC(C)C(C)C)c3n2Cc2ccc(SF)cc2)c1. The summed E-state index contributed by atoms with van der Waals surface area (Å²) in [4.78, 5) is 25.6. The number of aromatic carboxylic acids is 1. The lowest BCUT2D eigenvalue weighted by molar-refractivity contribution is 0.0684. The van der Waals surface area contributed by atoms with E-state index in [1.165, 1.54) is 0 Å². The van der Waals surface area contributed by atoms with Crippen molar-refractivity contribution >= 4 is 35.1 Å². The summed E-state index contributed by atoms with van der Waals surface area (Å²) < 4.78 is 14.9. The van der Waals surface area contributed by atoms with E-state index in [1.807, 2.05) is 54.8 Å². The molecule has 2 aromatic carbocycles. The second kappa shape index (κ2) is 9.80. The number of nitrogens with zero attached hydrogens (tertiary/aromatic N) is 4. The summed E-state index contributed by atoms with van der Waals surface area (Å²) in [7, 11) is 0. The molecule has 1 unspecified atom stereocenters. The molecule has 7 nitrogen and oxygen atoms in total. The van der Waals surface area contributed by atoms with Crippen molar-refractivity contribution < 1.29 is 13.8 Å². The number of fused-ring (bicyclic) bond motifs is 1. The molecule has 2 heterocycles. The highest BCUT2D eigenvalue weighted by atomic mass is 32.2. The van der Waals surface area contributed by atoms with Gasteiger partial charge in [0, 0.05) is 23.0 Å². The fourth-order valence-corrected chi connectivity index (χ4v) is 3.84. The summed E-state index contributed by atoms with van der Waals surface area (Å²) in [5.41, 5.74) is 3.82. The Balaban J connectivity index is 1.96. The van der Waals surface area contributed by atoms with Gasteiger partial charge in [-0.2, -0.15) is 3.89 Å². The molecule has 0 fully saturated rings. The number of aryl methyl sites for hydroxylation is 1. The van der Waals surface area contributed by atoms with Crippen LogP contribution in [0, 0.1) is 12.8 Å². The molecule has 0 radical (unpaired) electrons. The number of benzene rings is 2. The van der Waals surface area contributed by atoms with E-state index in [0.717, 1.165) is 16.7 Å². The van der Waals surface area contributed by atoms with E-state index in [2.05, 4.69) is 29.1 Å². The van der Waals surface area contributed by atoms with E-state index in [9.17, 15) is 13.8 Å². The fourth-order valence-electron chi connectivity index (χ4n) is 3.60. The van der Waals surface area contributed by atoms with Crippen LogP contribution >= 0.6 is 12.1 Å². The largest absolute Gasteiger partial charge is 0.475 e. The van der Waals surface area contributed by atoms with Gasteiger partial charge in [0.05, 0.1) is 12.1 Å². The molecule has 4 aromatic rings. The molecule has 2 N–H and O–H groups in total. The van der Waals surface area contributed by atoms with Gasteiger partial charge in [0.2, 0.25) is 5.82 Å². The smallest absolute Gasteiger partial charge is 0.374 e. The Morgan fingerprint density at radius 2 is 1.85 bits per heavy atom. The Bertz CT molecular complexity index is 1340. The normalized spacial score (nSPS) is 12.3. The first-order valence-electron chi connectivity index (χ1n) is 11.0. The van der Waals surface area contributed by atoms with Gasteiger partial charge in [-0.15, -0.1) is 0 Å². The number of imidazole rings is 1. The number of halogens is 1. The molecule has 0 aliphatic heterocycles. The van der Waals surface area contributed by atoms with Crippen molar-refractivity contribution in [3.8, 4) is 11.4 Å².